The van der Waals surface area contributed by atoms with Gasteiger partial charge in [0, 0.05) is 22.7 Å². The van der Waals surface area contributed by atoms with E-state index in [1.807, 2.05) is 72.8 Å². The van der Waals surface area contributed by atoms with Crippen LogP contribution in [-0.2, 0) is 6.61 Å². The molecule has 0 fully saturated rings. The minimum Gasteiger partial charge on any atom is -0.497 e. The Morgan fingerprint density at radius 1 is 0.778 bits per heavy atom. The highest BCUT2D eigenvalue weighted by Gasteiger charge is 2.14. The van der Waals surface area contributed by atoms with E-state index in [0.717, 1.165) is 39.0 Å². The molecule has 0 bridgehead atoms. The molecular weight excluding hydrogens is 334 g/mol. The van der Waals surface area contributed by atoms with Crippen LogP contribution in [0.25, 0.3) is 21.9 Å². The third kappa shape index (κ3) is 3.44. The number of nitrogens with two attached hydrogens (primary N) is 1. The molecule has 0 heterocycles. The Morgan fingerprint density at radius 2 is 1.48 bits per heavy atom. The molecule has 134 valence electrons. The van der Waals surface area contributed by atoms with Crippen molar-refractivity contribution in [3.8, 4) is 22.6 Å². The Balaban J connectivity index is 1.84. The quantitative estimate of drug-likeness (QED) is 0.469. The minimum absolute atomic E-state index is 0.483. The summed E-state index contributed by atoms with van der Waals surface area (Å²) in [5, 5.41) is 2.03. The molecule has 4 aromatic rings. The molecule has 3 nitrogen and oxygen atoms in total. The summed E-state index contributed by atoms with van der Waals surface area (Å²) >= 11 is 0. The van der Waals surface area contributed by atoms with E-state index < -0.39 is 0 Å². The van der Waals surface area contributed by atoms with Gasteiger partial charge in [-0.1, -0.05) is 60.7 Å². The van der Waals surface area contributed by atoms with E-state index in [-0.39, 0.29) is 0 Å². The summed E-state index contributed by atoms with van der Waals surface area (Å²) in [4.78, 5) is 0. The first kappa shape index (κ1) is 17.0. The van der Waals surface area contributed by atoms with Crippen LogP contribution in [0.3, 0.4) is 0 Å². The molecule has 0 aromatic heterocycles. The van der Waals surface area contributed by atoms with Crippen molar-refractivity contribution >= 4 is 16.5 Å². The van der Waals surface area contributed by atoms with Crippen molar-refractivity contribution in [3.63, 3.8) is 0 Å². The molecule has 0 unspecified atom stereocenters. The molecular formula is C24H21NO2. The van der Waals surface area contributed by atoms with Gasteiger partial charge in [-0.3, -0.25) is 0 Å². The molecule has 0 radical (unpaired) electrons. The number of fused-ring (bicyclic) bond motifs is 1. The van der Waals surface area contributed by atoms with Gasteiger partial charge in [0.15, 0.2) is 0 Å². The largest absolute Gasteiger partial charge is 0.497 e. The van der Waals surface area contributed by atoms with Crippen molar-refractivity contribution in [3.05, 3.63) is 90.5 Å². The zero-order valence-corrected chi connectivity index (χ0v) is 15.2. The van der Waals surface area contributed by atoms with Gasteiger partial charge in [-0.2, -0.15) is 0 Å². The average Bonchev–Trinajstić information content (AvgIpc) is 2.73. The van der Waals surface area contributed by atoms with Crippen LogP contribution in [-0.4, -0.2) is 7.11 Å². The first-order chi connectivity index (χ1) is 13.3. The van der Waals surface area contributed by atoms with Gasteiger partial charge in [0.1, 0.15) is 18.1 Å². The summed E-state index contributed by atoms with van der Waals surface area (Å²) in [6.07, 6.45) is 0. The lowest BCUT2D eigenvalue weighted by Gasteiger charge is -2.16. The van der Waals surface area contributed by atoms with Crippen LogP contribution < -0.4 is 15.2 Å². The van der Waals surface area contributed by atoms with E-state index in [9.17, 15) is 0 Å². The van der Waals surface area contributed by atoms with Crippen LogP contribution in [0.2, 0.25) is 0 Å². The van der Waals surface area contributed by atoms with E-state index in [2.05, 4.69) is 12.1 Å². The average molecular weight is 355 g/mol. The van der Waals surface area contributed by atoms with Crippen molar-refractivity contribution in [1.29, 1.82) is 0 Å². The summed E-state index contributed by atoms with van der Waals surface area (Å²) in [7, 11) is 1.67. The molecule has 3 heteroatoms. The van der Waals surface area contributed by atoms with Gasteiger partial charge in [-0.15, -0.1) is 0 Å². The molecule has 0 saturated carbocycles. The van der Waals surface area contributed by atoms with Gasteiger partial charge in [0.25, 0.3) is 0 Å². The molecule has 0 aliphatic heterocycles. The zero-order chi connectivity index (χ0) is 18.6. The Kier molecular flexibility index (Phi) is 4.67. The first-order valence-electron chi connectivity index (χ1n) is 8.88. The highest BCUT2D eigenvalue weighted by Crippen LogP contribution is 2.41. The molecule has 0 atom stereocenters. The standard InChI is InChI=1S/C24H21NO2/c1-26-19-12-13-20-21(14-19)23(27-16-17-8-4-2-5-9-17)15-22(25)24(20)18-10-6-3-7-11-18/h2-15H,16,25H2,1H3. The number of benzene rings is 4. The van der Waals surface area contributed by atoms with Crippen molar-refractivity contribution < 1.29 is 9.47 Å². The maximum absolute atomic E-state index is 6.45. The smallest absolute Gasteiger partial charge is 0.129 e. The van der Waals surface area contributed by atoms with E-state index in [4.69, 9.17) is 15.2 Å². The van der Waals surface area contributed by atoms with Crippen LogP contribution in [0.5, 0.6) is 11.5 Å². The van der Waals surface area contributed by atoms with E-state index in [1.54, 1.807) is 7.11 Å². The van der Waals surface area contributed by atoms with Crippen LogP contribution in [0.1, 0.15) is 5.56 Å². The number of hydrogen-bond donors (Lipinski definition) is 1. The Bertz CT molecular complexity index is 1060. The van der Waals surface area contributed by atoms with Gasteiger partial charge in [-0.05, 0) is 34.7 Å². The number of nitrogen functional groups attached to an aromatic ring is 1. The molecule has 0 aliphatic rings. The van der Waals surface area contributed by atoms with Crippen molar-refractivity contribution in [2.45, 2.75) is 6.61 Å². The summed E-state index contributed by atoms with van der Waals surface area (Å²) in [6.45, 7) is 0.483. The molecule has 27 heavy (non-hydrogen) atoms. The van der Waals surface area contributed by atoms with Crippen LogP contribution in [0.15, 0.2) is 84.9 Å². The lowest BCUT2D eigenvalue weighted by atomic mass is 9.95. The number of ether oxygens (including phenoxy) is 2. The third-order valence-electron chi connectivity index (χ3n) is 4.64. The summed E-state index contributed by atoms with van der Waals surface area (Å²) in [6, 6.07) is 28.2. The van der Waals surface area contributed by atoms with Gasteiger partial charge >= 0.3 is 0 Å². The van der Waals surface area contributed by atoms with Crippen LogP contribution in [0, 0.1) is 0 Å². The predicted molar refractivity (Wildman–Crippen MR) is 111 cm³/mol. The van der Waals surface area contributed by atoms with E-state index in [1.165, 1.54) is 0 Å². The number of methoxy groups -OCH3 is 1. The zero-order valence-electron chi connectivity index (χ0n) is 15.2. The van der Waals surface area contributed by atoms with E-state index >= 15 is 0 Å². The molecule has 4 rings (SSSR count). The molecule has 0 spiro atoms. The molecule has 4 aromatic carbocycles. The molecule has 0 saturated heterocycles. The normalized spacial score (nSPS) is 10.7. The fourth-order valence-electron chi connectivity index (χ4n) is 3.30. The lowest BCUT2D eigenvalue weighted by molar-refractivity contribution is 0.310. The Morgan fingerprint density at radius 3 is 2.19 bits per heavy atom. The maximum atomic E-state index is 6.45. The van der Waals surface area contributed by atoms with Crippen LogP contribution >= 0.6 is 0 Å². The SMILES string of the molecule is COc1ccc2c(-c3ccccc3)c(N)cc(OCc3ccccc3)c2c1. The minimum atomic E-state index is 0.483. The predicted octanol–water partition coefficient (Wildman–Crippen LogP) is 5.68. The monoisotopic (exact) mass is 355 g/mol. The second-order valence-corrected chi connectivity index (χ2v) is 6.39. The Labute approximate surface area is 159 Å². The van der Waals surface area contributed by atoms with Crippen LogP contribution in [0.4, 0.5) is 5.69 Å². The fraction of sp³-hybridized carbons (Fsp3) is 0.0833. The second-order valence-electron chi connectivity index (χ2n) is 6.39. The number of anilines is 1. The van der Waals surface area contributed by atoms with Gasteiger partial charge < -0.3 is 15.2 Å². The van der Waals surface area contributed by atoms with Gasteiger partial charge in [0.2, 0.25) is 0 Å². The van der Waals surface area contributed by atoms with E-state index in [0.29, 0.717) is 12.3 Å². The van der Waals surface area contributed by atoms with Crippen molar-refractivity contribution in [2.24, 2.45) is 0 Å². The summed E-state index contributed by atoms with van der Waals surface area (Å²) in [5.41, 5.74) is 10.4. The summed E-state index contributed by atoms with van der Waals surface area (Å²) < 4.78 is 11.6. The van der Waals surface area contributed by atoms with Gasteiger partial charge in [-0.25, -0.2) is 0 Å². The highest BCUT2D eigenvalue weighted by atomic mass is 16.5. The van der Waals surface area contributed by atoms with Crippen molar-refractivity contribution in [2.75, 3.05) is 12.8 Å². The molecule has 2 N–H and O–H groups in total. The highest BCUT2D eigenvalue weighted by molar-refractivity contribution is 6.05. The fourth-order valence-corrected chi connectivity index (χ4v) is 3.30. The molecule has 0 amide bonds. The third-order valence-corrected chi connectivity index (χ3v) is 4.64. The maximum Gasteiger partial charge on any atom is 0.129 e. The van der Waals surface area contributed by atoms with Gasteiger partial charge in [0.05, 0.1) is 7.11 Å². The number of hydrogen-bond acceptors (Lipinski definition) is 3. The second kappa shape index (κ2) is 7.42. The molecule has 0 aliphatic carbocycles. The Hall–Kier alpha value is -3.46. The summed E-state index contributed by atoms with van der Waals surface area (Å²) in [5.74, 6) is 1.54. The first-order valence-corrected chi connectivity index (χ1v) is 8.88. The lowest BCUT2D eigenvalue weighted by Crippen LogP contribution is -1.99. The number of rotatable bonds is 5. The van der Waals surface area contributed by atoms with Crippen molar-refractivity contribution in [1.82, 2.24) is 0 Å². The topological polar surface area (TPSA) is 44.5 Å².